The number of aromatic nitrogens is 1. The second kappa shape index (κ2) is 9.52. The number of hydrogen-bond acceptors (Lipinski definition) is 7. The van der Waals surface area contributed by atoms with Gasteiger partial charge >= 0.3 is 0 Å². The smallest absolute Gasteiger partial charge is 0.254 e. The molecule has 1 unspecified atom stereocenters. The number of amides is 2. The van der Waals surface area contributed by atoms with Gasteiger partial charge in [0, 0.05) is 30.8 Å². The Bertz CT molecular complexity index is 897. The van der Waals surface area contributed by atoms with Crippen LogP contribution in [0.4, 0.5) is 10.2 Å². The van der Waals surface area contributed by atoms with Crippen molar-refractivity contribution in [2.75, 3.05) is 24.7 Å². The Hall–Kier alpha value is -2.85. The first-order chi connectivity index (χ1) is 15.0. The summed E-state index contributed by atoms with van der Waals surface area (Å²) in [5.74, 6) is -0.178. The lowest BCUT2D eigenvalue weighted by molar-refractivity contribution is -0.125. The molecule has 2 fully saturated rings. The molecule has 10 heteroatoms. The molecule has 1 aliphatic carbocycles. The van der Waals surface area contributed by atoms with Crippen LogP contribution in [0, 0.1) is 0 Å². The number of pyridine rings is 1. The number of halogens is 1. The van der Waals surface area contributed by atoms with E-state index in [1.54, 1.807) is 23.2 Å². The zero-order chi connectivity index (χ0) is 21.8. The van der Waals surface area contributed by atoms with Crippen molar-refractivity contribution < 1.29 is 18.7 Å². The normalized spacial score (nSPS) is 26.6. The summed E-state index contributed by atoms with van der Waals surface area (Å²) < 4.78 is 19.7. The van der Waals surface area contributed by atoms with E-state index >= 15 is 0 Å². The quantitative estimate of drug-likeness (QED) is 0.645. The van der Waals surface area contributed by atoms with Crippen molar-refractivity contribution in [3.05, 3.63) is 29.7 Å². The van der Waals surface area contributed by atoms with E-state index in [2.05, 4.69) is 25.9 Å². The number of morpholine rings is 1. The highest BCUT2D eigenvalue weighted by Gasteiger charge is 2.26. The molecule has 3 N–H and O–H groups in total. The largest absolute Gasteiger partial charge is 0.370 e. The number of nitrogens with zero attached hydrogens (tertiary/aromatic N) is 3. The van der Waals surface area contributed by atoms with Gasteiger partial charge < -0.3 is 15.4 Å². The minimum Gasteiger partial charge on any atom is -0.370 e. The lowest BCUT2D eigenvalue weighted by atomic mass is 9.91. The molecule has 1 saturated heterocycles. The van der Waals surface area contributed by atoms with Crippen LogP contribution >= 0.6 is 0 Å². The van der Waals surface area contributed by atoms with Gasteiger partial charge in [-0.2, -0.15) is 0 Å². The van der Waals surface area contributed by atoms with Gasteiger partial charge in [0.1, 0.15) is 12.4 Å². The Kier molecular flexibility index (Phi) is 6.57. The van der Waals surface area contributed by atoms with E-state index < -0.39 is 12.1 Å². The molecule has 2 amide bonds. The van der Waals surface area contributed by atoms with E-state index in [1.807, 2.05) is 0 Å². The molecule has 31 heavy (non-hydrogen) atoms. The molecule has 1 aromatic rings. The predicted molar refractivity (Wildman–Crippen MR) is 114 cm³/mol. The van der Waals surface area contributed by atoms with Gasteiger partial charge in [-0.15, -0.1) is 0 Å². The van der Waals surface area contributed by atoms with E-state index in [0.717, 1.165) is 25.7 Å². The maximum absolute atomic E-state index is 14.6. The van der Waals surface area contributed by atoms with Gasteiger partial charge in [0.15, 0.2) is 12.1 Å². The highest BCUT2D eigenvalue weighted by Crippen LogP contribution is 2.25. The summed E-state index contributed by atoms with van der Waals surface area (Å²) >= 11 is 0. The number of nitrogens with one attached hydrogen (secondary N) is 3. The number of hydrogen-bond donors (Lipinski definition) is 3. The fraction of sp³-hybridized carbons (Fsp3) is 0.524. The standard InChI is InChI=1S/C21H27FN6O3/c1-13(29)25-15-2-4-16(5-3-15)26-21-24-11-17(22)20(27-21)14-6-7-23-18(10-14)28-8-9-31-12-19(28)30/h6-7,10-11,15-16,21,26-27H,2-5,8-9,12H2,1H3,(H,25,29). The number of allylic oxidation sites excluding steroid dienone is 1. The summed E-state index contributed by atoms with van der Waals surface area (Å²) in [6, 6.07) is 3.83. The van der Waals surface area contributed by atoms with Crippen molar-refractivity contribution in [2.45, 2.75) is 51.0 Å². The van der Waals surface area contributed by atoms with Gasteiger partial charge in [0.05, 0.1) is 25.1 Å². The fourth-order valence-electron chi connectivity index (χ4n) is 4.15. The molecule has 1 aromatic heterocycles. The van der Waals surface area contributed by atoms with Crippen molar-refractivity contribution in [3.8, 4) is 0 Å². The maximum Gasteiger partial charge on any atom is 0.254 e. The molecule has 1 atom stereocenters. The predicted octanol–water partition coefficient (Wildman–Crippen LogP) is 1.08. The molecule has 3 aliphatic rings. The van der Waals surface area contributed by atoms with Crippen LogP contribution in [0.1, 0.15) is 38.2 Å². The number of ether oxygens (including phenoxy) is 1. The molecule has 0 spiro atoms. The molecular weight excluding hydrogens is 403 g/mol. The third-order valence-corrected chi connectivity index (χ3v) is 5.68. The van der Waals surface area contributed by atoms with Crippen molar-refractivity contribution in [3.63, 3.8) is 0 Å². The Morgan fingerprint density at radius 1 is 1.29 bits per heavy atom. The zero-order valence-electron chi connectivity index (χ0n) is 17.4. The van der Waals surface area contributed by atoms with Crippen molar-refractivity contribution in [1.29, 1.82) is 0 Å². The highest BCUT2D eigenvalue weighted by molar-refractivity contribution is 5.95. The fourth-order valence-corrected chi connectivity index (χ4v) is 4.15. The number of carbonyl (C=O) groups is 2. The van der Waals surface area contributed by atoms with Crippen LogP contribution in [-0.2, 0) is 14.3 Å². The molecule has 0 bridgehead atoms. The van der Waals surface area contributed by atoms with Gasteiger partial charge in [-0.05, 0) is 37.8 Å². The van der Waals surface area contributed by atoms with E-state index in [1.165, 1.54) is 13.1 Å². The molecule has 0 radical (unpaired) electrons. The average Bonchev–Trinajstić information content (AvgIpc) is 2.76. The summed E-state index contributed by atoms with van der Waals surface area (Å²) in [6.45, 7) is 2.41. The minimum absolute atomic E-state index is 0.00397. The summed E-state index contributed by atoms with van der Waals surface area (Å²) in [5, 5.41) is 9.50. The van der Waals surface area contributed by atoms with Gasteiger partial charge in [-0.3, -0.25) is 24.8 Å². The van der Waals surface area contributed by atoms with Crippen LogP contribution in [0.2, 0.25) is 0 Å². The van der Waals surface area contributed by atoms with E-state index in [-0.39, 0.29) is 30.5 Å². The number of carbonyl (C=O) groups excluding carboxylic acids is 2. The number of aliphatic imine (C=N–C) groups is 1. The van der Waals surface area contributed by atoms with E-state index in [9.17, 15) is 14.0 Å². The maximum atomic E-state index is 14.6. The van der Waals surface area contributed by atoms with E-state index in [4.69, 9.17) is 4.74 Å². The molecule has 166 valence electrons. The SMILES string of the molecule is CC(=O)NC1CCC(NC2N=CC(F)=C(c3ccnc(N4CCOCC4=O)c3)N2)CC1. The summed E-state index contributed by atoms with van der Waals surface area (Å²) in [7, 11) is 0. The molecule has 1 saturated carbocycles. The molecule has 9 nitrogen and oxygen atoms in total. The second-order valence-corrected chi connectivity index (χ2v) is 7.96. The van der Waals surface area contributed by atoms with Crippen LogP contribution < -0.4 is 20.9 Å². The lowest BCUT2D eigenvalue weighted by Crippen LogP contribution is -2.49. The third kappa shape index (κ3) is 5.26. The van der Waals surface area contributed by atoms with Crippen LogP contribution in [-0.4, -0.2) is 61.1 Å². The molecular formula is C21H27FN6O3. The number of anilines is 1. The molecule has 0 aromatic carbocycles. The summed E-state index contributed by atoms with van der Waals surface area (Å²) in [4.78, 5) is 33.4. The van der Waals surface area contributed by atoms with Gasteiger partial charge in [0.25, 0.3) is 5.91 Å². The van der Waals surface area contributed by atoms with Gasteiger partial charge in [-0.1, -0.05) is 0 Å². The minimum atomic E-state index is -0.474. The Morgan fingerprint density at radius 3 is 2.81 bits per heavy atom. The molecule has 4 rings (SSSR count). The number of rotatable bonds is 5. The monoisotopic (exact) mass is 430 g/mol. The first-order valence-electron chi connectivity index (χ1n) is 10.6. The topological polar surface area (TPSA) is 108 Å². The lowest BCUT2D eigenvalue weighted by Gasteiger charge is -2.33. The van der Waals surface area contributed by atoms with Crippen LogP contribution in [0.15, 0.2) is 29.1 Å². The Balaban J connectivity index is 1.40. The third-order valence-electron chi connectivity index (χ3n) is 5.68. The van der Waals surface area contributed by atoms with Crippen LogP contribution in [0.3, 0.4) is 0 Å². The van der Waals surface area contributed by atoms with Crippen LogP contribution in [0.5, 0.6) is 0 Å². The van der Waals surface area contributed by atoms with Crippen molar-refractivity contribution in [2.24, 2.45) is 4.99 Å². The first kappa shape index (κ1) is 21.4. The van der Waals surface area contributed by atoms with Crippen molar-refractivity contribution in [1.82, 2.24) is 20.9 Å². The molecule has 2 aliphatic heterocycles. The zero-order valence-corrected chi connectivity index (χ0v) is 17.4. The highest BCUT2D eigenvalue weighted by atomic mass is 19.1. The van der Waals surface area contributed by atoms with Crippen molar-refractivity contribution >= 4 is 29.5 Å². The summed E-state index contributed by atoms with van der Waals surface area (Å²) in [5.41, 5.74) is 0.901. The van der Waals surface area contributed by atoms with Gasteiger partial charge in [0.2, 0.25) is 5.91 Å². The summed E-state index contributed by atoms with van der Waals surface area (Å²) in [6.07, 6.45) is 5.91. The second-order valence-electron chi connectivity index (χ2n) is 7.96. The Labute approximate surface area is 180 Å². The first-order valence-corrected chi connectivity index (χ1v) is 10.6. The van der Waals surface area contributed by atoms with Crippen LogP contribution in [0.25, 0.3) is 5.70 Å². The van der Waals surface area contributed by atoms with Gasteiger partial charge in [-0.25, -0.2) is 9.37 Å². The average molecular weight is 430 g/mol. The van der Waals surface area contributed by atoms with E-state index in [0.29, 0.717) is 30.2 Å². The Morgan fingerprint density at radius 2 is 2.06 bits per heavy atom. The molecule has 3 heterocycles.